The van der Waals surface area contributed by atoms with E-state index >= 15 is 0 Å². The molecule has 21 heavy (non-hydrogen) atoms. The molecule has 2 aromatic rings. The molecule has 1 aliphatic heterocycles. The Morgan fingerprint density at radius 2 is 1.81 bits per heavy atom. The number of aromatic nitrogens is 2. The van der Waals surface area contributed by atoms with Crippen molar-refractivity contribution in [2.45, 2.75) is 6.92 Å². The van der Waals surface area contributed by atoms with E-state index in [4.69, 9.17) is 0 Å². The third kappa shape index (κ3) is 3.07. The summed E-state index contributed by atoms with van der Waals surface area (Å²) >= 11 is 0. The Labute approximate surface area is 125 Å². The average molecular weight is 283 g/mol. The SMILES string of the molecule is CNc1cncc(N2CCN(c3cccc(C)c3)CC2)n1. The van der Waals surface area contributed by atoms with E-state index in [9.17, 15) is 0 Å². The molecule has 1 aliphatic rings. The minimum absolute atomic E-state index is 0.814. The summed E-state index contributed by atoms with van der Waals surface area (Å²) in [6.07, 6.45) is 3.58. The fourth-order valence-corrected chi connectivity index (χ4v) is 2.65. The number of piperazine rings is 1. The second kappa shape index (κ2) is 5.99. The molecule has 1 aromatic heterocycles. The molecule has 0 unspecified atom stereocenters. The second-order valence-electron chi connectivity index (χ2n) is 5.33. The van der Waals surface area contributed by atoms with E-state index in [0.29, 0.717) is 0 Å². The number of rotatable bonds is 3. The fourth-order valence-electron chi connectivity index (χ4n) is 2.65. The lowest BCUT2D eigenvalue weighted by Crippen LogP contribution is -2.46. The molecule has 0 atom stereocenters. The third-order valence-electron chi connectivity index (χ3n) is 3.85. The van der Waals surface area contributed by atoms with E-state index < -0.39 is 0 Å². The number of hydrogen-bond donors (Lipinski definition) is 1. The van der Waals surface area contributed by atoms with Gasteiger partial charge in [-0.05, 0) is 24.6 Å². The van der Waals surface area contributed by atoms with Crippen molar-refractivity contribution in [1.82, 2.24) is 9.97 Å². The molecule has 0 saturated carbocycles. The number of nitrogens with zero attached hydrogens (tertiary/aromatic N) is 4. The van der Waals surface area contributed by atoms with Crippen molar-refractivity contribution in [2.75, 3.05) is 48.3 Å². The van der Waals surface area contributed by atoms with Gasteiger partial charge in [-0.15, -0.1) is 0 Å². The van der Waals surface area contributed by atoms with E-state index in [-0.39, 0.29) is 0 Å². The minimum atomic E-state index is 0.814. The van der Waals surface area contributed by atoms with Gasteiger partial charge in [0, 0.05) is 38.9 Å². The van der Waals surface area contributed by atoms with Crippen molar-refractivity contribution in [2.24, 2.45) is 0 Å². The standard InChI is InChI=1S/C16H21N5/c1-13-4-3-5-14(10-13)20-6-8-21(9-7-20)16-12-18-11-15(17-2)19-16/h3-5,10-12H,6-9H2,1-2H3,(H,17,19). The Morgan fingerprint density at radius 3 is 2.52 bits per heavy atom. The molecular formula is C16H21N5. The molecule has 0 aliphatic carbocycles. The monoisotopic (exact) mass is 283 g/mol. The molecule has 110 valence electrons. The van der Waals surface area contributed by atoms with Gasteiger partial charge in [-0.25, -0.2) is 4.98 Å². The van der Waals surface area contributed by atoms with Crippen LogP contribution in [0.25, 0.3) is 0 Å². The first-order chi connectivity index (χ1) is 10.3. The number of anilines is 3. The molecule has 0 radical (unpaired) electrons. The van der Waals surface area contributed by atoms with Gasteiger partial charge in [-0.1, -0.05) is 12.1 Å². The van der Waals surface area contributed by atoms with Crippen LogP contribution in [0, 0.1) is 6.92 Å². The van der Waals surface area contributed by atoms with Crippen molar-refractivity contribution < 1.29 is 0 Å². The largest absolute Gasteiger partial charge is 0.372 e. The molecule has 0 spiro atoms. The number of nitrogens with one attached hydrogen (secondary N) is 1. The highest BCUT2D eigenvalue weighted by atomic mass is 15.3. The number of benzene rings is 1. The quantitative estimate of drug-likeness (QED) is 0.935. The summed E-state index contributed by atoms with van der Waals surface area (Å²) in [7, 11) is 1.86. The highest BCUT2D eigenvalue weighted by Crippen LogP contribution is 2.20. The maximum atomic E-state index is 4.56. The smallest absolute Gasteiger partial charge is 0.149 e. The predicted molar refractivity (Wildman–Crippen MR) is 87.2 cm³/mol. The van der Waals surface area contributed by atoms with Crippen LogP contribution >= 0.6 is 0 Å². The lowest BCUT2D eigenvalue weighted by molar-refractivity contribution is 0.646. The summed E-state index contributed by atoms with van der Waals surface area (Å²) in [6.45, 7) is 6.09. The lowest BCUT2D eigenvalue weighted by atomic mass is 10.2. The van der Waals surface area contributed by atoms with E-state index in [2.05, 4.69) is 56.3 Å². The van der Waals surface area contributed by atoms with Crippen LogP contribution < -0.4 is 15.1 Å². The first-order valence-electron chi connectivity index (χ1n) is 7.32. The zero-order valence-electron chi connectivity index (χ0n) is 12.6. The summed E-state index contributed by atoms with van der Waals surface area (Å²) in [6, 6.07) is 8.69. The van der Waals surface area contributed by atoms with E-state index in [1.807, 2.05) is 13.2 Å². The molecule has 1 saturated heterocycles. The highest BCUT2D eigenvalue weighted by Gasteiger charge is 2.18. The summed E-state index contributed by atoms with van der Waals surface area (Å²) in [5.74, 6) is 1.76. The van der Waals surface area contributed by atoms with Gasteiger partial charge in [-0.2, -0.15) is 0 Å². The van der Waals surface area contributed by atoms with Crippen LogP contribution in [-0.2, 0) is 0 Å². The number of hydrogen-bond acceptors (Lipinski definition) is 5. The van der Waals surface area contributed by atoms with E-state index in [0.717, 1.165) is 37.8 Å². The normalized spacial score (nSPS) is 15.1. The van der Waals surface area contributed by atoms with E-state index in [1.165, 1.54) is 11.3 Å². The van der Waals surface area contributed by atoms with Crippen molar-refractivity contribution in [1.29, 1.82) is 0 Å². The van der Waals surface area contributed by atoms with Gasteiger partial charge in [0.15, 0.2) is 0 Å². The molecule has 2 heterocycles. The molecule has 1 N–H and O–H groups in total. The van der Waals surface area contributed by atoms with E-state index in [1.54, 1.807) is 6.20 Å². The van der Waals surface area contributed by atoms with Crippen molar-refractivity contribution in [3.05, 3.63) is 42.2 Å². The highest BCUT2D eigenvalue weighted by molar-refractivity contribution is 5.51. The van der Waals surface area contributed by atoms with Crippen LogP contribution in [0.3, 0.4) is 0 Å². The topological polar surface area (TPSA) is 44.3 Å². The molecular weight excluding hydrogens is 262 g/mol. The first kappa shape index (κ1) is 13.7. The molecule has 3 rings (SSSR count). The molecule has 1 aromatic carbocycles. The first-order valence-corrected chi connectivity index (χ1v) is 7.32. The van der Waals surface area contributed by atoms with Gasteiger partial charge in [-0.3, -0.25) is 4.98 Å². The summed E-state index contributed by atoms with van der Waals surface area (Å²) < 4.78 is 0. The van der Waals surface area contributed by atoms with Crippen LogP contribution in [0.2, 0.25) is 0 Å². The Bertz CT molecular complexity index is 605. The van der Waals surface area contributed by atoms with Crippen LogP contribution in [0.1, 0.15) is 5.56 Å². The van der Waals surface area contributed by atoms with Crippen molar-refractivity contribution >= 4 is 17.3 Å². The van der Waals surface area contributed by atoms with Crippen LogP contribution in [0.4, 0.5) is 17.3 Å². The molecule has 5 heteroatoms. The number of aryl methyl sites for hydroxylation is 1. The fraction of sp³-hybridized carbons (Fsp3) is 0.375. The van der Waals surface area contributed by atoms with Gasteiger partial charge in [0.2, 0.25) is 0 Å². The van der Waals surface area contributed by atoms with Crippen LogP contribution in [0.5, 0.6) is 0 Å². The van der Waals surface area contributed by atoms with Crippen molar-refractivity contribution in [3.63, 3.8) is 0 Å². The maximum Gasteiger partial charge on any atom is 0.149 e. The zero-order valence-corrected chi connectivity index (χ0v) is 12.6. The third-order valence-corrected chi connectivity index (χ3v) is 3.85. The Kier molecular flexibility index (Phi) is 3.90. The molecule has 0 bridgehead atoms. The Hall–Kier alpha value is -2.30. The summed E-state index contributed by atoms with van der Waals surface area (Å²) in [4.78, 5) is 13.5. The van der Waals surface area contributed by atoms with Crippen LogP contribution in [0.15, 0.2) is 36.7 Å². The second-order valence-corrected chi connectivity index (χ2v) is 5.33. The van der Waals surface area contributed by atoms with Gasteiger partial charge in [0.1, 0.15) is 11.6 Å². The summed E-state index contributed by atoms with van der Waals surface area (Å²) in [5.41, 5.74) is 2.62. The predicted octanol–water partition coefficient (Wildman–Crippen LogP) is 2.15. The van der Waals surface area contributed by atoms with Gasteiger partial charge >= 0.3 is 0 Å². The van der Waals surface area contributed by atoms with Crippen molar-refractivity contribution in [3.8, 4) is 0 Å². The molecule has 5 nitrogen and oxygen atoms in total. The average Bonchev–Trinajstić information content (AvgIpc) is 2.55. The van der Waals surface area contributed by atoms with Gasteiger partial charge in [0.25, 0.3) is 0 Å². The Balaban J connectivity index is 1.67. The zero-order chi connectivity index (χ0) is 14.7. The molecule has 0 amide bonds. The maximum absolute atomic E-state index is 4.56. The van der Waals surface area contributed by atoms with Crippen LogP contribution in [-0.4, -0.2) is 43.2 Å². The summed E-state index contributed by atoms with van der Waals surface area (Å²) in [5, 5.41) is 3.04. The minimum Gasteiger partial charge on any atom is -0.372 e. The Morgan fingerprint density at radius 1 is 1.05 bits per heavy atom. The van der Waals surface area contributed by atoms with Gasteiger partial charge in [0.05, 0.1) is 12.4 Å². The lowest BCUT2D eigenvalue weighted by Gasteiger charge is -2.36. The molecule has 1 fully saturated rings. The van der Waals surface area contributed by atoms with Gasteiger partial charge < -0.3 is 15.1 Å².